The first kappa shape index (κ1) is 24.4. The number of nitrogens with zero attached hydrogens (tertiary/aromatic N) is 1. The Morgan fingerprint density at radius 2 is 1.77 bits per heavy atom. The van der Waals surface area contributed by atoms with E-state index >= 15 is 0 Å². The van der Waals surface area contributed by atoms with E-state index in [1.54, 1.807) is 25.1 Å². The Morgan fingerprint density at radius 1 is 0.971 bits per heavy atom. The molecule has 0 saturated carbocycles. The van der Waals surface area contributed by atoms with Crippen LogP contribution in [0.1, 0.15) is 13.3 Å². The van der Waals surface area contributed by atoms with Crippen molar-refractivity contribution in [2.24, 2.45) is 5.10 Å². The average Bonchev–Trinajstić information content (AvgIpc) is 3.18. The summed E-state index contributed by atoms with van der Waals surface area (Å²) in [5.41, 5.74) is 4.58. The fourth-order valence-corrected chi connectivity index (χ4v) is 3.87. The Bertz CT molecular complexity index is 1450. The van der Waals surface area contributed by atoms with Crippen molar-refractivity contribution in [3.8, 4) is 11.5 Å². The number of carbonyl (C=O) groups excluding carboxylic acids is 2. The number of fused-ring (bicyclic) bond motifs is 3. The van der Waals surface area contributed by atoms with E-state index in [2.05, 4.69) is 15.8 Å². The largest absolute Gasteiger partial charge is 0.495 e. The second-order valence-electron chi connectivity index (χ2n) is 7.62. The lowest BCUT2D eigenvalue weighted by molar-refractivity contribution is -0.123. The number of hydrazone groups is 1. The molecule has 1 aromatic heterocycles. The molecule has 0 atom stereocenters. The Labute approximate surface area is 210 Å². The average molecular weight is 514 g/mol. The van der Waals surface area contributed by atoms with E-state index in [1.165, 1.54) is 13.2 Å². The minimum Gasteiger partial charge on any atom is -0.495 e. The zero-order valence-corrected chi connectivity index (χ0v) is 20.4. The first-order valence-corrected chi connectivity index (χ1v) is 11.3. The first-order valence-electron chi connectivity index (χ1n) is 10.5. The third kappa shape index (κ3) is 5.85. The van der Waals surface area contributed by atoms with Gasteiger partial charge >= 0.3 is 0 Å². The summed E-state index contributed by atoms with van der Waals surface area (Å²) in [4.78, 5) is 24.6. The summed E-state index contributed by atoms with van der Waals surface area (Å²) in [6.07, 6.45) is -0.0501. The zero-order chi connectivity index (χ0) is 24.9. The second-order valence-corrected chi connectivity index (χ2v) is 8.46. The van der Waals surface area contributed by atoms with Crippen molar-refractivity contribution in [3.05, 3.63) is 64.6 Å². The quantitative estimate of drug-likeness (QED) is 0.229. The molecule has 0 spiro atoms. The molecule has 0 saturated heterocycles. The summed E-state index contributed by atoms with van der Waals surface area (Å²) in [5.74, 6) is -0.0220. The maximum absolute atomic E-state index is 12.6. The van der Waals surface area contributed by atoms with Crippen LogP contribution in [0.5, 0.6) is 11.5 Å². The highest BCUT2D eigenvalue weighted by molar-refractivity contribution is 6.35. The second kappa shape index (κ2) is 10.7. The summed E-state index contributed by atoms with van der Waals surface area (Å²) >= 11 is 11.8. The predicted octanol–water partition coefficient (Wildman–Crippen LogP) is 5.80. The maximum Gasteiger partial charge on any atom is 0.277 e. The van der Waals surface area contributed by atoms with Gasteiger partial charge in [0.15, 0.2) is 6.61 Å². The SMILES string of the molecule is COc1cc2c(cc1NC(=O)CC(C)=NNC(=O)COc1ccc(Cl)cc1Cl)oc1ccccc12. The molecule has 180 valence electrons. The van der Waals surface area contributed by atoms with Crippen LogP contribution in [0.25, 0.3) is 21.9 Å². The van der Waals surface area contributed by atoms with Gasteiger partial charge in [-0.3, -0.25) is 9.59 Å². The number of ether oxygens (including phenoxy) is 2. The highest BCUT2D eigenvalue weighted by Crippen LogP contribution is 2.36. The van der Waals surface area contributed by atoms with Crippen molar-refractivity contribution in [1.82, 2.24) is 5.43 Å². The van der Waals surface area contributed by atoms with E-state index < -0.39 is 5.91 Å². The van der Waals surface area contributed by atoms with Gasteiger partial charge in [0.05, 0.1) is 24.2 Å². The van der Waals surface area contributed by atoms with Crippen LogP contribution in [0, 0.1) is 0 Å². The van der Waals surface area contributed by atoms with Crippen LogP contribution in [0.15, 0.2) is 64.1 Å². The minimum atomic E-state index is -0.507. The van der Waals surface area contributed by atoms with E-state index in [0.717, 1.165) is 16.4 Å². The van der Waals surface area contributed by atoms with E-state index in [0.29, 0.717) is 33.5 Å². The number of benzene rings is 3. The molecule has 2 N–H and O–H groups in total. The van der Waals surface area contributed by atoms with Crippen molar-refractivity contribution in [2.45, 2.75) is 13.3 Å². The fraction of sp³-hybridized carbons (Fsp3) is 0.160. The van der Waals surface area contributed by atoms with Crippen LogP contribution >= 0.6 is 23.2 Å². The molecule has 0 aliphatic heterocycles. The predicted molar refractivity (Wildman–Crippen MR) is 137 cm³/mol. The van der Waals surface area contributed by atoms with Crippen molar-refractivity contribution in [1.29, 1.82) is 0 Å². The monoisotopic (exact) mass is 513 g/mol. The van der Waals surface area contributed by atoms with Gasteiger partial charge in [-0.25, -0.2) is 5.43 Å². The number of furan rings is 1. The fourth-order valence-electron chi connectivity index (χ4n) is 3.41. The molecule has 35 heavy (non-hydrogen) atoms. The number of hydrogen-bond donors (Lipinski definition) is 2. The first-order chi connectivity index (χ1) is 16.8. The molecule has 0 aliphatic rings. The Kier molecular flexibility index (Phi) is 7.43. The van der Waals surface area contributed by atoms with Crippen molar-refractivity contribution < 1.29 is 23.5 Å². The number of anilines is 1. The lowest BCUT2D eigenvalue weighted by Crippen LogP contribution is -2.26. The summed E-state index contributed by atoms with van der Waals surface area (Å²) < 4.78 is 16.7. The molecular weight excluding hydrogens is 493 g/mol. The van der Waals surface area contributed by atoms with E-state index in [4.69, 9.17) is 37.1 Å². The van der Waals surface area contributed by atoms with E-state index in [-0.39, 0.29) is 24.0 Å². The Balaban J connectivity index is 1.35. The van der Waals surface area contributed by atoms with Crippen LogP contribution < -0.4 is 20.2 Å². The summed E-state index contributed by atoms with van der Waals surface area (Å²) in [7, 11) is 1.53. The van der Waals surface area contributed by atoms with Gasteiger partial charge in [-0.2, -0.15) is 5.10 Å². The van der Waals surface area contributed by atoms with Crippen molar-refractivity contribution >= 4 is 68.4 Å². The van der Waals surface area contributed by atoms with Crippen molar-refractivity contribution in [2.75, 3.05) is 19.0 Å². The maximum atomic E-state index is 12.6. The Hall–Kier alpha value is -3.75. The highest BCUT2D eigenvalue weighted by atomic mass is 35.5. The molecule has 4 aromatic rings. The molecule has 10 heteroatoms. The minimum absolute atomic E-state index is 0.0501. The van der Waals surface area contributed by atoms with Gasteiger partial charge in [-0.1, -0.05) is 41.4 Å². The summed E-state index contributed by atoms with van der Waals surface area (Å²) in [5, 5.41) is 9.35. The van der Waals surface area contributed by atoms with Gasteiger partial charge in [0.1, 0.15) is 22.7 Å². The van der Waals surface area contributed by atoms with Crippen LogP contribution in [-0.4, -0.2) is 31.2 Å². The molecule has 0 radical (unpaired) electrons. The third-order valence-electron chi connectivity index (χ3n) is 5.01. The van der Waals surface area contributed by atoms with Crippen molar-refractivity contribution in [3.63, 3.8) is 0 Å². The topological polar surface area (TPSA) is 102 Å². The van der Waals surface area contributed by atoms with Crippen LogP contribution in [0.3, 0.4) is 0 Å². The zero-order valence-electron chi connectivity index (χ0n) is 18.9. The van der Waals surface area contributed by atoms with Crippen LogP contribution in [0.4, 0.5) is 5.69 Å². The molecule has 8 nitrogen and oxygen atoms in total. The van der Waals surface area contributed by atoms with Gasteiger partial charge in [0, 0.05) is 27.6 Å². The van der Waals surface area contributed by atoms with Gasteiger partial charge in [0.25, 0.3) is 5.91 Å². The smallest absolute Gasteiger partial charge is 0.277 e. The lowest BCUT2D eigenvalue weighted by Gasteiger charge is -2.10. The number of nitrogens with one attached hydrogen (secondary N) is 2. The van der Waals surface area contributed by atoms with Gasteiger partial charge < -0.3 is 19.2 Å². The highest BCUT2D eigenvalue weighted by Gasteiger charge is 2.15. The van der Waals surface area contributed by atoms with E-state index in [9.17, 15) is 9.59 Å². The number of methoxy groups -OCH3 is 1. The number of para-hydroxylation sites is 1. The van der Waals surface area contributed by atoms with Gasteiger partial charge in [-0.05, 0) is 37.3 Å². The van der Waals surface area contributed by atoms with Crippen LogP contribution in [0.2, 0.25) is 10.0 Å². The van der Waals surface area contributed by atoms with E-state index in [1.807, 2.05) is 30.3 Å². The molecule has 3 aromatic carbocycles. The molecule has 1 heterocycles. The summed E-state index contributed by atoms with van der Waals surface area (Å²) in [6, 6.07) is 15.9. The number of carbonyl (C=O) groups is 2. The molecule has 4 rings (SSSR count). The molecule has 0 unspecified atom stereocenters. The van der Waals surface area contributed by atoms with Gasteiger partial charge in [-0.15, -0.1) is 0 Å². The number of amides is 2. The van der Waals surface area contributed by atoms with Crippen LogP contribution in [-0.2, 0) is 9.59 Å². The standard InChI is InChI=1S/C25H21Cl2N3O5/c1-14(29-30-25(32)13-34-21-8-7-15(26)10-18(21)27)9-24(31)28-19-12-22-17(11-23(19)33-2)16-5-3-4-6-20(16)35-22/h3-8,10-12H,9,13H2,1-2H3,(H,28,31)(H,30,32). The molecule has 0 bridgehead atoms. The normalized spacial score (nSPS) is 11.5. The number of rotatable bonds is 8. The molecular formula is C25H21Cl2N3O5. The third-order valence-corrected chi connectivity index (χ3v) is 5.54. The van der Waals surface area contributed by atoms with Gasteiger partial charge in [0.2, 0.25) is 5.91 Å². The summed E-state index contributed by atoms with van der Waals surface area (Å²) in [6.45, 7) is 1.31. The molecule has 0 fully saturated rings. The lowest BCUT2D eigenvalue weighted by atomic mass is 10.1. The molecule has 0 aliphatic carbocycles. The number of halogens is 2. The Morgan fingerprint density at radius 3 is 2.54 bits per heavy atom. The molecule has 2 amide bonds. The number of hydrogen-bond acceptors (Lipinski definition) is 6.